The Hall–Kier alpha value is -2.89. The summed E-state index contributed by atoms with van der Waals surface area (Å²) in [5.41, 5.74) is 2.76. The highest BCUT2D eigenvalue weighted by molar-refractivity contribution is 5.91. The molecule has 0 radical (unpaired) electrons. The van der Waals surface area contributed by atoms with Crippen LogP contribution in [0, 0.1) is 0 Å². The Morgan fingerprint density at radius 3 is 2.88 bits per heavy atom. The van der Waals surface area contributed by atoms with Gasteiger partial charge in [-0.25, -0.2) is 4.98 Å². The van der Waals surface area contributed by atoms with E-state index in [0.717, 1.165) is 36.7 Å². The number of nitrogens with one attached hydrogen (secondary N) is 2. The molecule has 0 spiro atoms. The topological polar surface area (TPSA) is 90.9 Å². The number of nitrogens with zero attached hydrogens (tertiary/aromatic N) is 2. The zero-order chi connectivity index (χ0) is 17.6. The predicted octanol–water partition coefficient (Wildman–Crippen LogP) is 4.24. The number of hydrogen-bond donors (Lipinski definition) is 3. The maximum Gasteiger partial charge on any atom is 0.224 e. The Morgan fingerprint density at radius 1 is 1.24 bits per heavy atom. The first-order valence-corrected chi connectivity index (χ1v) is 8.60. The molecule has 0 aliphatic carbocycles. The number of benzene rings is 1. The van der Waals surface area contributed by atoms with E-state index in [-0.39, 0.29) is 11.7 Å². The van der Waals surface area contributed by atoms with Crippen LogP contribution in [0.2, 0.25) is 0 Å². The van der Waals surface area contributed by atoms with Gasteiger partial charge in [-0.05, 0) is 24.6 Å². The molecule has 1 amide bonds. The number of rotatable bonds is 7. The third kappa shape index (κ3) is 4.15. The molecule has 0 saturated carbocycles. The first-order valence-electron chi connectivity index (χ1n) is 8.60. The first kappa shape index (κ1) is 17.0. The molecule has 3 rings (SSSR count). The van der Waals surface area contributed by atoms with E-state index in [0.29, 0.717) is 23.5 Å². The quantitative estimate of drug-likeness (QED) is 0.562. The summed E-state index contributed by atoms with van der Waals surface area (Å²) in [6, 6.07) is 6.86. The molecule has 0 atom stereocenters. The third-order valence-electron chi connectivity index (χ3n) is 4.08. The molecule has 2 aromatic heterocycles. The minimum atomic E-state index is -0.0296. The molecule has 2 heterocycles. The second kappa shape index (κ2) is 7.79. The number of fused-ring (bicyclic) bond motifs is 1. The highest BCUT2D eigenvalue weighted by Gasteiger charge is 2.11. The number of aromatic hydroxyl groups is 1. The molecule has 130 valence electrons. The Labute approximate surface area is 146 Å². The van der Waals surface area contributed by atoms with Crippen molar-refractivity contribution in [2.24, 2.45) is 0 Å². The van der Waals surface area contributed by atoms with Crippen LogP contribution >= 0.6 is 0 Å². The van der Waals surface area contributed by atoms with Gasteiger partial charge in [0, 0.05) is 24.4 Å². The van der Waals surface area contributed by atoms with Gasteiger partial charge in [0.25, 0.3) is 0 Å². The molecule has 6 heteroatoms. The highest BCUT2D eigenvalue weighted by Crippen LogP contribution is 2.31. The van der Waals surface area contributed by atoms with Gasteiger partial charge in [0.1, 0.15) is 11.6 Å². The third-order valence-corrected chi connectivity index (χ3v) is 4.08. The number of pyridine rings is 1. The van der Waals surface area contributed by atoms with E-state index >= 15 is 0 Å². The van der Waals surface area contributed by atoms with E-state index in [1.165, 1.54) is 0 Å². The number of imidazole rings is 1. The first-order chi connectivity index (χ1) is 12.2. The number of aromatic amines is 1. The molecule has 3 N–H and O–H groups in total. The van der Waals surface area contributed by atoms with Crippen LogP contribution in [0.15, 0.2) is 36.7 Å². The molecule has 6 nitrogen and oxygen atoms in total. The number of amides is 1. The number of H-pyrrole nitrogens is 1. The van der Waals surface area contributed by atoms with Crippen molar-refractivity contribution >= 4 is 22.6 Å². The Morgan fingerprint density at radius 2 is 2.12 bits per heavy atom. The molecular weight excluding hydrogens is 316 g/mol. The van der Waals surface area contributed by atoms with Crippen molar-refractivity contribution in [3.63, 3.8) is 0 Å². The number of anilines is 1. The maximum absolute atomic E-state index is 11.9. The average Bonchev–Trinajstić information content (AvgIpc) is 3.02. The van der Waals surface area contributed by atoms with Gasteiger partial charge in [0.05, 0.1) is 22.8 Å². The molecule has 1 aromatic carbocycles. The van der Waals surface area contributed by atoms with Crippen molar-refractivity contribution < 1.29 is 9.90 Å². The molecule has 3 aromatic rings. The van der Waals surface area contributed by atoms with Crippen LogP contribution in [0.25, 0.3) is 22.4 Å². The molecule has 0 fully saturated rings. The van der Waals surface area contributed by atoms with E-state index in [2.05, 4.69) is 27.2 Å². The van der Waals surface area contributed by atoms with E-state index in [1.807, 2.05) is 0 Å². The summed E-state index contributed by atoms with van der Waals surface area (Å²) in [7, 11) is 0. The van der Waals surface area contributed by atoms with Crippen LogP contribution < -0.4 is 5.32 Å². The number of hydrogen-bond acceptors (Lipinski definition) is 4. The molecule has 25 heavy (non-hydrogen) atoms. The lowest BCUT2D eigenvalue weighted by molar-refractivity contribution is -0.116. The Balaban J connectivity index is 1.69. The highest BCUT2D eigenvalue weighted by atomic mass is 16.3. The zero-order valence-corrected chi connectivity index (χ0v) is 14.2. The number of carbonyl (C=O) groups excluding carboxylic acids is 1. The lowest BCUT2D eigenvalue weighted by Gasteiger charge is -2.08. The Kier molecular flexibility index (Phi) is 5.28. The van der Waals surface area contributed by atoms with Gasteiger partial charge in [-0.3, -0.25) is 9.78 Å². The van der Waals surface area contributed by atoms with Gasteiger partial charge >= 0.3 is 0 Å². The van der Waals surface area contributed by atoms with E-state index in [4.69, 9.17) is 0 Å². The average molecular weight is 338 g/mol. The van der Waals surface area contributed by atoms with Crippen LogP contribution in [0.3, 0.4) is 0 Å². The molecular formula is C19H22N4O2. The maximum atomic E-state index is 11.9. The summed E-state index contributed by atoms with van der Waals surface area (Å²) < 4.78 is 0. The normalized spacial score (nSPS) is 10.9. The fourth-order valence-corrected chi connectivity index (χ4v) is 2.73. The van der Waals surface area contributed by atoms with Crippen molar-refractivity contribution in [1.29, 1.82) is 0 Å². The van der Waals surface area contributed by atoms with Crippen molar-refractivity contribution in [3.8, 4) is 17.1 Å². The molecule has 0 unspecified atom stereocenters. The number of phenols is 1. The fourth-order valence-electron chi connectivity index (χ4n) is 2.73. The van der Waals surface area contributed by atoms with Crippen LogP contribution in [0.5, 0.6) is 5.75 Å². The van der Waals surface area contributed by atoms with Gasteiger partial charge in [0.2, 0.25) is 5.91 Å². The summed E-state index contributed by atoms with van der Waals surface area (Å²) in [5, 5.41) is 13.1. The second-order valence-corrected chi connectivity index (χ2v) is 6.07. The van der Waals surface area contributed by atoms with Gasteiger partial charge < -0.3 is 15.4 Å². The van der Waals surface area contributed by atoms with E-state index in [1.54, 1.807) is 36.7 Å². The van der Waals surface area contributed by atoms with E-state index in [9.17, 15) is 9.90 Å². The predicted molar refractivity (Wildman–Crippen MR) is 98.4 cm³/mol. The smallest absolute Gasteiger partial charge is 0.224 e. The van der Waals surface area contributed by atoms with Crippen LogP contribution in [-0.4, -0.2) is 26.0 Å². The van der Waals surface area contributed by atoms with Crippen molar-refractivity contribution in [3.05, 3.63) is 36.7 Å². The summed E-state index contributed by atoms with van der Waals surface area (Å²) in [6.45, 7) is 2.14. The molecule has 0 bridgehead atoms. The summed E-state index contributed by atoms with van der Waals surface area (Å²) in [6.07, 6.45) is 8.11. The fraction of sp³-hybridized carbons (Fsp3) is 0.316. The monoisotopic (exact) mass is 338 g/mol. The molecule has 0 saturated heterocycles. The summed E-state index contributed by atoms with van der Waals surface area (Å²) in [5.74, 6) is 0.604. The van der Waals surface area contributed by atoms with Gasteiger partial charge in [-0.15, -0.1) is 0 Å². The summed E-state index contributed by atoms with van der Waals surface area (Å²) >= 11 is 0. The van der Waals surface area contributed by atoms with Gasteiger partial charge in [-0.1, -0.05) is 26.2 Å². The zero-order valence-electron chi connectivity index (χ0n) is 14.2. The Bertz CT molecular complexity index is 840. The van der Waals surface area contributed by atoms with E-state index < -0.39 is 0 Å². The van der Waals surface area contributed by atoms with Crippen molar-refractivity contribution in [2.45, 2.75) is 39.0 Å². The van der Waals surface area contributed by atoms with Crippen LogP contribution in [0.1, 0.15) is 39.0 Å². The lowest BCUT2D eigenvalue weighted by atomic mass is 10.1. The number of unbranched alkanes of at least 4 members (excludes halogenated alkanes) is 3. The standard InChI is InChI=1S/C19H22N4O2/c1-2-3-4-5-6-18(25)21-13-7-8-14(17(24)11-13)19-22-15-9-10-20-12-16(15)23-19/h7-12,24H,2-6H2,1H3,(H,21,25)(H,22,23). The number of phenolic OH excluding ortho intramolecular Hbond substituents is 1. The summed E-state index contributed by atoms with van der Waals surface area (Å²) in [4.78, 5) is 23.6. The van der Waals surface area contributed by atoms with Crippen molar-refractivity contribution in [2.75, 3.05) is 5.32 Å². The van der Waals surface area contributed by atoms with Gasteiger partial charge in [0.15, 0.2) is 0 Å². The molecule has 0 aliphatic heterocycles. The van der Waals surface area contributed by atoms with Crippen LogP contribution in [-0.2, 0) is 4.79 Å². The second-order valence-electron chi connectivity index (χ2n) is 6.07. The largest absolute Gasteiger partial charge is 0.507 e. The SMILES string of the molecule is CCCCCCC(=O)Nc1ccc(-c2nc3ccncc3[nH]2)c(O)c1. The number of carbonyl (C=O) groups is 1. The lowest BCUT2D eigenvalue weighted by Crippen LogP contribution is -2.10. The number of aromatic nitrogens is 3. The minimum absolute atomic E-state index is 0.0296. The van der Waals surface area contributed by atoms with Crippen molar-refractivity contribution in [1.82, 2.24) is 15.0 Å². The van der Waals surface area contributed by atoms with Crippen LogP contribution in [0.4, 0.5) is 5.69 Å². The molecule has 0 aliphatic rings. The minimum Gasteiger partial charge on any atom is -0.507 e. The van der Waals surface area contributed by atoms with Gasteiger partial charge in [-0.2, -0.15) is 0 Å².